The van der Waals surface area contributed by atoms with Gasteiger partial charge in [0.1, 0.15) is 0 Å². The summed E-state index contributed by atoms with van der Waals surface area (Å²) in [7, 11) is 0. The third-order valence-corrected chi connectivity index (χ3v) is 2.20. The van der Waals surface area contributed by atoms with Gasteiger partial charge >= 0.3 is 6.36 Å². The van der Waals surface area contributed by atoms with Crippen molar-refractivity contribution < 1.29 is 22.6 Å². The normalized spacial score (nSPS) is 22.9. The van der Waals surface area contributed by atoms with Crippen LogP contribution in [-0.2, 0) is 9.47 Å². The van der Waals surface area contributed by atoms with Crippen molar-refractivity contribution in [2.75, 3.05) is 32.8 Å². The molecule has 0 aliphatic carbocycles. The fraction of sp³-hybridized carbons (Fsp3) is 0.889. The molecule has 1 saturated heterocycles. The highest BCUT2D eigenvalue weighted by Gasteiger charge is 2.28. The summed E-state index contributed by atoms with van der Waals surface area (Å²) in [6.45, 7) is 2.99. The van der Waals surface area contributed by atoms with E-state index in [-0.39, 0.29) is 18.6 Å². The van der Waals surface area contributed by atoms with E-state index < -0.39 is 13.0 Å². The highest BCUT2D eigenvalue weighted by Crippen LogP contribution is 2.15. The molecule has 0 radical (unpaired) electrons. The predicted molar refractivity (Wildman–Crippen MR) is 55.5 cm³/mol. The van der Waals surface area contributed by atoms with Crippen molar-refractivity contribution in [1.82, 2.24) is 4.90 Å². The summed E-state index contributed by atoms with van der Waals surface area (Å²) in [5.74, 6) is 0.228. The quantitative estimate of drug-likeness (QED) is 0.455. The highest BCUT2D eigenvalue weighted by atomic mass is 19.4. The maximum Gasteiger partial charge on any atom is 0.522 e. The van der Waals surface area contributed by atoms with Crippen LogP contribution in [0.5, 0.6) is 0 Å². The lowest BCUT2D eigenvalue weighted by Crippen LogP contribution is -2.48. The van der Waals surface area contributed by atoms with Gasteiger partial charge in [-0.05, 0) is 6.92 Å². The van der Waals surface area contributed by atoms with E-state index in [9.17, 15) is 13.2 Å². The minimum Gasteiger partial charge on any atom is -0.375 e. The number of nitrogens with zero attached hydrogens (tertiary/aromatic N) is 2. The van der Waals surface area contributed by atoms with Crippen LogP contribution in [0, 0.1) is 0 Å². The van der Waals surface area contributed by atoms with Gasteiger partial charge < -0.3 is 15.4 Å². The van der Waals surface area contributed by atoms with E-state index in [1.54, 1.807) is 4.90 Å². The second-order valence-electron chi connectivity index (χ2n) is 3.66. The number of hydrogen-bond acceptors (Lipinski definition) is 3. The van der Waals surface area contributed by atoms with Gasteiger partial charge in [-0.2, -0.15) is 0 Å². The van der Waals surface area contributed by atoms with Crippen LogP contribution >= 0.6 is 0 Å². The van der Waals surface area contributed by atoms with E-state index in [0.29, 0.717) is 19.7 Å². The summed E-state index contributed by atoms with van der Waals surface area (Å²) in [5.41, 5.74) is 5.64. The van der Waals surface area contributed by atoms with Gasteiger partial charge in [-0.3, -0.25) is 9.73 Å². The van der Waals surface area contributed by atoms with E-state index in [1.165, 1.54) is 0 Å². The molecule has 1 aliphatic heterocycles. The number of rotatable bonds is 3. The van der Waals surface area contributed by atoms with Crippen LogP contribution in [0.4, 0.5) is 13.2 Å². The van der Waals surface area contributed by atoms with Crippen LogP contribution in [0.15, 0.2) is 4.99 Å². The van der Waals surface area contributed by atoms with Crippen LogP contribution in [0.3, 0.4) is 0 Å². The Morgan fingerprint density at radius 1 is 1.59 bits per heavy atom. The summed E-state index contributed by atoms with van der Waals surface area (Å²) in [6.07, 6.45) is -4.57. The molecule has 0 spiro atoms. The number of halogens is 3. The summed E-state index contributed by atoms with van der Waals surface area (Å²) >= 11 is 0. The van der Waals surface area contributed by atoms with Gasteiger partial charge in [0.2, 0.25) is 0 Å². The maximum atomic E-state index is 11.7. The van der Waals surface area contributed by atoms with Crippen molar-refractivity contribution in [3.8, 4) is 0 Å². The van der Waals surface area contributed by atoms with E-state index >= 15 is 0 Å². The minimum absolute atomic E-state index is 0.0453. The molecule has 1 fully saturated rings. The molecular weight excluding hydrogens is 239 g/mol. The Hall–Kier alpha value is -1.02. The van der Waals surface area contributed by atoms with E-state index in [1.807, 2.05) is 6.92 Å². The monoisotopic (exact) mass is 255 g/mol. The molecular formula is C9H16F3N3O2. The van der Waals surface area contributed by atoms with Gasteiger partial charge in [0.15, 0.2) is 5.96 Å². The number of nitrogens with two attached hydrogens (primary N) is 1. The molecule has 1 rings (SSSR count). The SMILES string of the molecule is CC1CN(C(N)=NCCOC(F)(F)F)CCO1. The summed E-state index contributed by atoms with van der Waals surface area (Å²) in [5, 5.41) is 0. The van der Waals surface area contributed by atoms with Crippen LogP contribution in [0.25, 0.3) is 0 Å². The van der Waals surface area contributed by atoms with E-state index in [2.05, 4.69) is 9.73 Å². The predicted octanol–water partition coefficient (Wildman–Crippen LogP) is 0.558. The zero-order valence-electron chi connectivity index (χ0n) is 9.54. The van der Waals surface area contributed by atoms with Crippen molar-refractivity contribution in [1.29, 1.82) is 0 Å². The highest BCUT2D eigenvalue weighted by molar-refractivity contribution is 5.78. The van der Waals surface area contributed by atoms with Gasteiger partial charge in [-0.15, -0.1) is 13.2 Å². The molecule has 17 heavy (non-hydrogen) atoms. The molecule has 1 atom stereocenters. The average Bonchev–Trinajstić information content (AvgIpc) is 2.23. The smallest absolute Gasteiger partial charge is 0.375 e. The molecule has 0 saturated carbocycles. The second-order valence-corrected chi connectivity index (χ2v) is 3.66. The molecule has 0 bridgehead atoms. The Morgan fingerprint density at radius 2 is 2.29 bits per heavy atom. The summed E-state index contributed by atoms with van der Waals surface area (Å²) < 4.78 is 43.9. The Balaban J connectivity index is 2.28. The van der Waals surface area contributed by atoms with Gasteiger partial charge in [-0.1, -0.05) is 0 Å². The topological polar surface area (TPSA) is 60.1 Å². The van der Waals surface area contributed by atoms with Gasteiger partial charge in [-0.25, -0.2) is 0 Å². The number of aliphatic imine (C=N–C) groups is 1. The van der Waals surface area contributed by atoms with Crippen molar-refractivity contribution in [3.05, 3.63) is 0 Å². The van der Waals surface area contributed by atoms with Crippen LogP contribution in [-0.4, -0.2) is 56.2 Å². The maximum absolute atomic E-state index is 11.7. The van der Waals surface area contributed by atoms with Crippen molar-refractivity contribution >= 4 is 5.96 Å². The molecule has 8 heteroatoms. The Bertz CT molecular complexity index is 271. The number of guanidine groups is 1. The Morgan fingerprint density at radius 3 is 2.88 bits per heavy atom. The van der Waals surface area contributed by atoms with E-state index in [0.717, 1.165) is 0 Å². The number of morpholine rings is 1. The van der Waals surface area contributed by atoms with Crippen LogP contribution < -0.4 is 5.73 Å². The number of hydrogen-bond donors (Lipinski definition) is 1. The van der Waals surface area contributed by atoms with E-state index in [4.69, 9.17) is 10.5 Å². The lowest BCUT2D eigenvalue weighted by Gasteiger charge is -2.31. The molecule has 0 aromatic rings. The molecule has 1 heterocycles. The molecule has 1 unspecified atom stereocenters. The summed E-state index contributed by atoms with van der Waals surface area (Å²) in [4.78, 5) is 5.60. The zero-order chi connectivity index (χ0) is 12.9. The van der Waals surface area contributed by atoms with Crippen molar-refractivity contribution in [2.45, 2.75) is 19.4 Å². The number of alkyl halides is 3. The standard InChI is InChI=1S/C9H16F3N3O2/c1-7-6-15(3-5-16-7)8(13)14-2-4-17-9(10,11)12/h7H,2-6H2,1H3,(H2,13,14). The van der Waals surface area contributed by atoms with Crippen LogP contribution in [0.2, 0.25) is 0 Å². The lowest BCUT2D eigenvalue weighted by molar-refractivity contribution is -0.323. The average molecular weight is 255 g/mol. The van der Waals surface area contributed by atoms with Gasteiger partial charge in [0.25, 0.3) is 0 Å². The minimum atomic E-state index is -4.61. The van der Waals surface area contributed by atoms with Crippen LogP contribution in [0.1, 0.15) is 6.92 Å². The first-order valence-electron chi connectivity index (χ1n) is 5.25. The first kappa shape index (κ1) is 14.0. The molecule has 0 aromatic carbocycles. The summed E-state index contributed by atoms with van der Waals surface area (Å²) in [6, 6.07) is 0. The third kappa shape index (κ3) is 5.73. The molecule has 0 amide bonds. The Labute approximate surface area is 97.4 Å². The second kappa shape index (κ2) is 6.06. The third-order valence-electron chi connectivity index (χ3n) is 2.20. The molecule has 5 nitrogen and oxygen atoms in total. The Kier molecular flexibility index (Phi) is 5.01. The lowest BCUT2D eigenvalue weighted by atomic mass is 10.3. The molecule has 1 aliphatic rings. The molecule has 0 aromatic heterocycles. The zero-order valence-corrected chi connectivity index (χ0v) is 9.54. The van der Waals surface area contributed by atoms with Crippen molar-refractivity contribution in [2.24, 2.45) is 10.7 Å². The van der Waals surface area contributed by atoms with Gasteiger partial charge in [0, 0.05) is 13.1 Å². The first-order chi connectivity index (χ1) is 7.88. The van der Waals surface area contributed by atoms with Gasteiger partial charge in [0.05, 0.1) is 25.9 Å². The largest absolute Gasteiger partial charge is 0.522 e. The molecule has 100 valence electrons. The fourth-order valence-corrected chi connectivity index (χ4v) is 1.45. The first-order valence-corrected chi connectivity index (χ1v) is 5.25. The number of ether oxygens (including phenoxy) is 2. The molecule has 2 N–H and O–H groups in total. The van der Waals surface area contributed by atoms with Crippen molar-refractivity contribution in [3.63, 3.8) is 0 Å². The fourth-order valence-electron chi connectivity index (χ4n) is 1.45.